The summed E-state index contributed by atoms with van der Waals surface area (Å²) in [5.74, 6) is -0.148. The number of benzene rings is 1. The van der Waals surface area contributed by atoms with Crippen molar-refractivity contribution < 1.29 is 9.59 Å². The number of nitrogens with two attached hydrogens (primary N) is 1. The quantitative estimate of drug-likeness (QED) is 0.313. The summed E-state index contributed by atoms with van der Waals surface area (Å²) in [6.07, 6.45) is 6.29. The van der Waals surface area contributed by atoms with Gasteiger partial charge in [0.1, 0.15) is 10.9 Å². The molecule has 0 bridgehead atoms. The summed E-state index contributed by atoms with van der Waals surface area (Å²) in [6.45, 7) is 4.27. The standard InChI is InChI=1S/C23H24ClN3O2/c1-15(23(29)27-14-17-5-4-8-21(17)28)11-18(19-6-2-3-7-20(19)25)12-16-9-10-22(24)26-13-16/h2-3,6-7,9-11,13,17H,1,4-5,8,12,14,25H2,(H,27,29)/b18-11-/t17-/m1/s1. The van der Waals surface area contributed by atoms with Gasteiger partial charge in [-0.3, -0.25) is 9.59 Å². The lowest BCUT2D eigenvalue weighted by Crippen LogP contribution is -2.31. The van der Waals surface area contributed by atoms with Gasteiger partial charge < -0.3 is 11.1 Å². The third kappa shape index (κ3) is 5.55. The number of amides is 1. The summed E-state index contributed by atoms with van der Waals surface area (Å²) >= 11 is 5.88. The van der Waals surface area contributed by atoms with Gasteiger partial charge in [0, 0.05) is 41.9 Å². The van der Waals surface area contributed by atoms with Gasteiger partial charge in [0.2, 0.25) is 0 Å². The fourth-order valence-electron chi connectivity index (χ4n) is 3.45. The number of hydrogen-bond acceptors (Lipinski definition) is 4. The highest BCUT2D eigenvalue weighted by molar-refractivity contribution is 6.29. The number of pyridine rings is 1. The Kier molecular flexibility index (Phi) is 6.83. The monoisotopic (exact) mass is 409 g/mol. The van der Waals surface area contributed by atoms with E-state index in [0.717, 1.165) is 29.5 Å². The van der Waals surface area contributed by atoms with Gasteiger partial charge in [0.05, 0.1) is 0 Å². The molecule has 2 aromatic rings. The van der Waals surface area contributed by atoms with Crippen molar-refractivity contribution in [1.82, 2.24) is 10.3 Å². The summed E-state index contributed by atoms with van der Waals surface area (Å²) in [5, 5.41) is 3.25. The van der Waals surface area contributed by atoms with Crippen molar-refractivity contribution in [1.29, 1.82) is 0 Å². The lowest BCUT2D eigenvalue weighted by molar-refractivity contribution is -0.121. The third-order valence-electron chi connectivity index (χ3n) is 5.07. The average Bonchev–Trinajstić information content (AvgIpc) is 3.12. The molecule has 1 fully saturated rings. The average molecular weight is 410 g/mol. The smallest absolute Gasteiger partial charge is 0.250 e. The Bertz CT molecular complexity index is 951. The molecule has 0 unspecified atom stereocenters. The second-order valence-electron chi connectivity index (χ2n) is 7.21. The fraction of sp³-hybridized carbons (Fsp3) is 0.261. The number of para-hydroxylation sites is 1. The van der Waals surface area contributed by atoms with Crippen molar-refractivity contribution in [2.45, 2.75) is 25.7 Å². The SMILES string of the molecule is C=C(/C=C(/Cc1ccc(Cl)nc1)c1ccccc1N)C(=O)NC[C@H]1CCCC1=O. The lowest BCUT2D eigenvalue weighted by Gasteiger charge is -2.13. The van der Waals surface area contributed by atoms with Gasteiger partial charge in [-0.05, 0) is 48.6 Å². The van der Waals surface area contributed by atoms with Crippen molar-refractivity contribution in [3.8, 4) is 0 Å². The Labute approximate surface area is 175 Å². The van der Waals surface area contributed by atoms with Gasteiger partial charge in [-0.25, -0.2) is 4.98 Å². The van der Waals surface area contributed by atoms with E-state index < -0.39 is 0 Å². The van der Waals surface area contributed by atoms with Crippen LogP contribution in [0.15, 0.2) is 60.8 Å². The molecule has 1 aromatic carbocycles. The first-order valence-corrected chi connectivity index (χ1v) is 9.97. The number of halogens is 1. The molecule has 3 rings (SSSR count). The zero-order chi connectivity index (χ0) is 20.8. The minimum atomic E-state index is -0.286. The van der Waals surface area contributed by atoms with Crippen LogP contribution in [-0.2, 0) is 16.0 Å². The van der Waals surface area contributed by atoms with Crippen LogP contribution in [-0.4, -0.2) is 23.2 Å². The van der Waals surface area contributed by atoms with Crippen molar-refractivity contribution in [2.75, 3.05) is 12.3 Å². The molecule has 3 N–H and O–H groups in total. The highest BCUT2D eigenvalue weighted by atomic mass is 35.5. The van der Waals surface area contributed by atoms with E-state index in [2.05, 4.69) is 16.9 Å². The minimum Gasteiger partial charge on any atom is -0.398 e. The maximum atomic E-state index is 12.5. The van der Waals surface area contributed by atoms with Crippen molar-refractivity contribution in [3.05, 3.63) is 77.1 Å². The highest BCUT2D eigenvalue weighted by Crippen LogP contribution is 2.26. The number of carbonyl (C=O) groups is 2. The van der Waals surface area contributed by atoms with Crippen LogP contribution in [0.25, 0.3) is 5.57 Å². The first-order chi connectivity index (χ1) is 13.9. The molecule has 0 spiro atoms. The van der Waals surface area contributed by atoms with Crippen molar-refractivity contribution >= 4 is 34.6 Å². The molecule has 0 radical (unpaired) electrons. The molecule has 29 heavy (non-hydrogen) atoms. The number of carbonyl (C=O) groups excluding carboxylic acids is 2. The van der Waals surface area contributed by atoms with Crippen LogP contribution >= 0.6 is 11.6 Å². The summed E-state index contributed by atoms with van der Waals surface area (Å²) in [6, 6.07) is 11.1. The van der Waals surface area contributed by atoms with Crippen LogP contribution in [0, 0.1) is 5.92 Å². The Morgan fingerprint density at radius 2 is 2.10 bits per heavy atom. The molecular weight excluding hydrogens is 386 g/mol. The van der Waals surface area contributed by atoms with E-state index in [1.807, 2.05) is 30.3 Å². The topological polar surface area (TPSA) is 85.1 Å². The highest BCUT2D eigenvalue weighted by Gasteiger charge is 2.24. The second kappa shape index (κ2) is 9.52. The van der Waals surface area contributed by atoms with Crippen LogP contribution in [0.3, 0.4) is 0 Å². The second-order valence-corrected chi connectivity index (χ2v) is 7.60. The molecule has 1 aliphatic rings. The van der Waals surface area contributed by atoms with Crippen molar-refractivity contribution in [3.63, 3.8) is 0 Å². The van der Waals surface area contributed by atoms with Crippen LogP contribution in [0.2, 0.25) is 5.15 Å². The normalized spacial score (nSPS) is 16.7. The molecule has 1 saturated carbocycles. The molecule has 5 nitrogen and oxygen atoms in total. The first-order valence-electron chi connectivity index (χ1n) is 9.59. The molecule has 1 aliphatic carbocycles. The van der Waals surface area contributed by atoms with Crippen LogP contribution < -0.4 is 11.1 Å². The number of nitrogens with one attached hydrogen (secondary N) is 1. The maximum Gasteiger partial charge on any atom is 0.250 e. The number of hydrogen-bond donors (Lipinski definition) is 2. The molecular formula is C23H24ClN3O2. The third-order valence-corrected chi connectivity index (χ3v) is 5.29. The number of nitrogens with zero attached hydrogens (tertiary/aromatic N) is 1. The van der Waals surface area contributed by atoms with E-state index in [1.165, 1.54) is 0 Å². The maximum absolute atomic E-state index is 12.5. The zero-order valence-corrected chi connectivity index (χ0v) is 16.9. The molecule has 6 heteroatoms. The lowest BCUT2D eigenvalue weighted by atomic mass is 9.95. The molecule has 1 amide bonds. The number of allylic oxidation sites excluding steroid dienone is 1. The van der Waals surface area contributed by atoms with Gasteiger partial charge in [0.15, 0.2) is 0 Å². The number of anilines is 1. The summed E-state index contributed by atoms with van der Waals surface area (Å²) in [4.78, 5) is 28.4. The zero-order valence-electron chi connectivity index (χ0n) is 16.2. The van der Waals surface area contributed by atoms with E-state index >= 15 is 0 Å². The van der Waals surface area contributed by atoms with Gasteiger partial charge >= 0.3 is 0 Å². The van der Waals surface area contributed by atoms with E-state index in [0.29, 0.717) is 35.8 Å². The van der Waals surface area contributed by atoms with Crippen LogP contribution in [0.1, 0.15) is 30.4 Å². The molecule has 150 valence electrons. The Morgan fingerprint density at radius 3 is 2.76 bits per heavy atom. The van der Waals surface area contributed by atoms with Gasteiger partial charge in [-0.1, -0.05) is 42.4 Å². The number of aromatic nitrogens is 1. The predicted molar refractivity (Wildman–Crippen MR) is 116 cm³/mol. The van der Waals surface area contributed by atoms with Gasteiger partial charge in [-0.2, -0.15) is 0 Å². The largest absolute Gasteiger partial charge is 0.398 e. The number of rotatable bonds is 7. The Morgan fingerprint density at radius 1 is 1.31 bits per heavy atom. The van der Waals surface area contributed by atoms with E-state index in [-0.39, 0.29) is 17.6 Å². The summed E-state index contributed by atoms with van der Waals surface area (Å²) in [7, 11) is 0. The molecule has 0 saturated heterocycles. The Hall–Kier alpha value is -2.92. The number of nitrogen functional groups attached to an aromatic ring is 1. The minimum absolute atomic E-state index is 0.0832. The summed E-state index contributed by atoms with van der Waals surface area (Å²) < 4.78 is 0. The summed E-state index contributed by atoms with van der Waals surface area (Å²) in [5.41, 5.74) is 9.72. The molecule has 1 aromatic heterocycles. The van der Waals surface area contributed by atoms with Crippen molar-refractivity contribution in [2.24, 2.45) is 5.92 Å². The predicted octanol–water partition coefficient (Wildman–Crippen LogP) is 3.98. The Balaban J connectivity index is 1.78. The number of ketones is 1. The fourth-order valence-corrected chi connectivity index (χ4v) is 3.57. The number of Topliss-reactive ketones (excluding diaryl/α,β-unsaturated/α-hetero) is 1. The van der Waals surface area contributed by atoms with E-state index in [1.54, 1.807) is 18.3 Å². The van der Waals surface area contributed by atoms with Gasteiger partial charge in [-0.15, -0.1) is 0 Å². The van der Waals surface area contributed by atoms with E-state index in [9.17, 15) is 9.59 Å². The molecule has 1 atom stereocenters. The van der Waals surface area contributed by atoms with Crippen LogP contribution in [0.4, 0.5) is 5.69 Å². The van der Waals surface area contributed by atoms with Gasteiger partial charge in [0.25, 0.3) is 5.91 Å². The van der Waals surface area contributed by atoms with Crippen LogP contribution in [0.5, 0.6) is 0 Å². The molecule has 0 aliphatic heterocycles. The molecule has 1 heterocycles. The first kappa shape index (κ1) is 20.8. The van der Waals surface area contributed by atoms with E-state index in [4.69, 9.17) is 17.3 Å².